The maximum absolute atomic E-state index is 12.0. The molecule has 0 aromatic heterocycles. The van der Waals surface area contributed by atoms with Crippen LogP contribution in [0.5, 0.6) is 0 Å². The molecule has 0 atom stereocenters. The van der Waals surface area contributed by atoms with Gasteiger partial charge in [-0.1, -0.05) is 53.9 Å². The van der Waals surface area contributed by atoms with Gasteiger partial charge in [-0.3, -0.25) is 49.0 Å². The van der Waals surface area contributed by atoms with E-state index in [0.717, 1.165) is 15.7 Å². The number of rotatable bonds is 11. The van der Waals surface area contributed by atoms with Crippen LogP contribution in [0, 0.1) is 20.2 Å². The average Bonchev–Trinajstić information content (AvgIpc) is 3.50. The van der Waals surface area contributed by atoms with Gasteiger partial charge in [-0.25, -0.2) is 0 Å². The number of amides is 1. The molecule has 0 bridgehead atoms. The normalized spacial score (nSPS) is 10.0. The number of ether oxygens (including phenoxy) is 3. The molecule has 3 aromatic rings. The van der Waals surface area contributed by atoms with E-state index < -0.39 is 33.7 Å². The second-order valence-corrected chi connectivity index (χ2v) is 13.8. The molecule has 0 saturated heterocycles. The van der Waals surface area contributed by atoms with Crippen LogP contribution in [0.1, 0.15) is 52.6 Å². The minimum absolute atomic E-state index is 0. The predicted molar refractivity (Wildman–Crippen MR) is 212 cm³/mol. The van der Waals surface area contributed by atoms with E-state index in [9.17, 15) is 44.2 Å². The Morgan fingerprint density at radius 2 is 1.24 bits per heavy atom. The molecule has 0 spiro atoms. The number of fused-ring (bicyclic) bond motifs is 1. The van der Waals surface area contributed by atoms with Gasteiger partial charge in [-0.05, 0) is 85.6 Å². The molecule has 0 saturated carbocycles. The Bertz CT molecular complexity index is 1860. The standard InChI is InChI=1S/C13H14BrNO6.C8H6BrNO.C6H3Br2NO2.C6H10O3.CH2O3.2K.H/c1-3-20-12(16)11(13(17)21-4-2)9-6-5-8(14)7-10(9)15(18)19;9-6-2-1-5-3-8(11)10-7(5)4-6;7-4-1-2-5(8)6(3-4)9(10)11;1-3-9-6(8)4-5(2)7;2-1-4-3;;;/h5-7,11H,3-4H2,1-2H3;1-2,4H,3H2,(H,10,11);1-3H;3-4H2,1-2H3;1,3H;;;/q;;;;;2*+1;-1/p-1. The second-order valence-electron chi connectivity index (χ2n) is 10.2. The summed E-state index contributed by atoms with van der Waals surface area (Å²) in [5.74, 6) is -3.74. The van der Waals surface area contributed by atoms with Crippen LogP contribution in [0.25, 0.3) is 0 Å². The van der Waals surface area contributed by atoms with Crippen LogP contribution in [-0.2, 0) is 54.3 Å². The molecule has 1 aliphatic heterocycles. The first-order valence-electron chi connectivity index (χ1n) is 15.7. The minimum atomic E-state index is -1.47. The number of nitro benzene ring substituents is 2. The molecule has 1 N–H and O–H groups in total. The minimum Gasteiger partial charge on any atom is -1.00 e. The zero-order valence-corrected chi connectivity index (χ0v) is 44.5. The van der Waals surface area contributed by atoms with Crippen molar-refractivity contribution in [2.24, 2.45) is 0 Å². The number of carbonyl (C=O) groups is 6. The van der Waals surface area contributed by atoms with E-state index in [-0.39, 0.29) is 159 Å². The van der Waals surface area contributed by atoms with Crippen molar-refractivity contribution in [1.82, 2.24) is 0 Å². The molecule has 3 aromatic carbocycles. The first kappa shape index (κ1) is 60.9. The third-order valence-electron chi connectivity index (χ3n) is 6.08. The number of nitrogens with zero attached hydrogens (tertiary/aromatic N) is 2. The summed E-state index contributed by atoms with van der Waals surface area (Å²) in [6.07, 6.45) is 0.413. The van der Waals surface area contributed by atoms with Crippen LogP contribution in [0.3, 0.4) is 0 Å². The summed E-state index contributed by atoms with van der Waals surface area (Å²) in [5, 5.41) is 32.6. The van der Waals surface area contributed by atoms with Gasteiger partial charge in [0.1, 0.15) is 12.2 Å². The summed E-state index contributed by atoms with van der Waals surface area (Å²) in [4.78, 5) is 87.0. The van der Waals surface area contributed by atoms with E-state index in [4.69, 9.17) is 19.5 Å². The van der Waals surface area contributed by atoms with Crippen molar-refractivity contribution >= 4 is 117 Å². The van der Waals surface area contributed by atoms with Crippen molar-refractivity contribution in [2.45, 2.75) is 46.5 Å². The van der Waals surface area contributed by atoms with Crippen molar-refractivity contribution in [3.05, 3.63) is 104 Å². The van der Waals surface area contributed by atoms with Gasteiger partial charge in [-0.2, -0.15) is 0 Å². The molecule has 1 heterocycles. The largest absolute Gasteiger partial charge is 1.00 e. The third-order valence-corrected chi connectivity index (χ3v) is 8.23. The van der Waals surface area contributed by atoms with Crippen LogP contribution >= 0.6 is 63.7 Å². The van der Waals surface area contributed by atoms with Crippen molar-refractivity contribution < 1.29 is 167 Å². The Kier molecular flexibility index (Phi) is 36.0. The summed E-state index contributed by atoms with van der Waals surface area (Å²) < 4.78 is 16.8. The van der Waals surface area contributed by atoms with Crippen molar-refractivity contribution in [3.8, 4) is 0 Å². The molecule has 24 heteroatoms. The van der Waals surface area contributed by atoms with Gasteiger partial charge in [0.15, 0.2) is 5.92 Å². The van der Waals surface area contributed by atoms with E-state index in [1.54, 1.807) is 32.9 Å². The zero-order valence-electron chi connectivity index (χ0n) is 32.9. The number of anilines is 1. The molecule has 1 aliphatic rings. The van der Waals surface area contributed by atoms with Gasteiger partial charge < -0.3 is 31.1 Å². The van der Waals surface area contributed by atoms with E-state index in [1.807, 2.05) is 18.2 Å². The molecule has 306 valence electrons. The van der Waals surface area contributed by atoms with Gasteiger partial charge >= 0.3 is 121 Å². The van der Waals surface area contributed by atoms with Gasteiger partial charge in [-0.15, -0.1) is 0 Å². The molecule has 1 amide bonds. The van der Waals surface area contributed by atoms with Gasteiger partial charge in [0.25, 0.3) is 17.8 Å². The fraction of sp³-hybridized carbons (Fsp3) is 0.294. The average molecular weight is 1120 g/mol. The smallest absolute Gasteiger partial charge is 1.00 e. The molecule has 0 radical (unpaired) electrons. The van der Waals surface area contributed by atoms with E-state index in [0.29, 0.717) is 26.4 Å². The Hall–Kier alpha value is -1.37. The number of hydrogen-bond donors (Lipinski definition) is 1. The number of Topliss-reactive ketones (excluding diaryl/α,β-unsaturated/α-hetero) is 1. The number of nitro groups is 2. The monoisotopic (exact) mass is 1120 g/mol. The Morgan fingerprint density at radius 1 is 0.793 bits per heavy atom. The number of esters is 3. The van der Waals surface area contributed by atoms with E-state index >= 15 is 0 Å². The van der Waals surface area contributed by atoms with Crippen LogP contribution in [0.15, 0.2) is 72.5 Å². The first-order valence-corrected chi connectivity index (χ1v) is 18.9. The number of ketones is 1. The van der Waals surface area contributed by atoms with E-state index in [1.165, 1.54) is 31.2 Å². The van der Waals surface area contributed by atoms with E-state index in [2.05, 4.69) is 78.7 Å². The Morgan fingerprint density at radius 3 is 1.67 bits per heavy atom. The molecule has 0 unspecified atom stereocenters. The summed E-state index contributed by atoms with van der Waals surface area (Å²) in [7, 11) is 0. The summed E-state index contributed by atoms with van der Waals surface area (Å²) >= 11 is 12.7. The quantitative estimate of drug-likeness (QED) is 0.0406. The van der Waals surface area contributed by atoms with Crippen molar-refractivity contribution in [2.75, 3.05) is 25.1 Å². The first-order chi connectivity index (χ1) is 26.4. The Labute approximate surface area is 452 Å². The molecule has 0 aliphatic carbocycles. The summed E-state index contributed by atoms with van der Waals surface area (Å²) in [5.41, 5.74) is 1.68. The molecule has 58 heavy (non-hydrogen) atoms. The van der Waals surface area contributed by atoms with Crippen molar-refractivity contribution in [3.63, 3.8) is 0 Å². The molecular weight excluding hydrogens is 1090 g/mol. The number of carbonyl (C=O) groups excluding carboxylic acids is 6. The predicted octanol–water partition coefficient (Wildman–Crippen LogP) is 0.714. The van der Waals surface area contributed by atoms with Gasteiger partial charge in [0, 0.05) is 31.2 Å². The SMILES string of the molecule is CCOC(=O)C(C(=O)OCC)c1ccc(Br)cc1[N+](=O)[O-].CCOC(=O)CC(C)=O.O=C1Cc2ccc(Br)cc2N1.O=CO[O-].O=[N+]([O-])c1cc(Br)ccc1Br.[H-].[K+].[K+]. The fourth-order valence-electron chi connectivity index (χ4n) is 3.95. The van der Waals surface area contributed by atoms with Crippen LogP contribution < -0.4 is 113 Å². The number of nitrogens with one attached hydrogen (secondary N) is 1. The number of halogens is 4. The Balaban J connectivity index is -0.000000343. The molecule has 18 nitrogen and oxygen atoms in total. The van der Waals surface area contributed by atoms with Gasteiger partial charge in [0.05, 0.1) is 46.1 Å². The number of benzene rings is 3. The van der Waals surface area contributed by atoms with Crippen LogP contribution in [0.2, 0.25) is 0 Å². The fourth-order valence-corrected chi connectivity index (χ4v) is 5.40. The van der Waals surface area contributed by atoms with Crippen molar-refractivity contribution in [1.29, 1.82) is 0 Å². The molecular formula is C34H35Br4K2N3O15. The summed E-state index contributed by atoms with van der Waals surface area (Å²) in [6.45, 7) is 6.49. The number of hydrogen-bond acceptors (Lipinski definition) is 15. The summed E-state index contributed by atoms with van der Waals surface area (Å²) in [6, 6.07) is 14.7. The molecule has 0 fully saturated rings. The third kappa shape index (κ3) is 24.8. The maximum Gasteiger partial charge on any atom is 1.00 e. The molecule has 4 rings (SSSR count). The maximum atomic E-state index is 12.0. The van der Waals surface area contributed by atoms with Crippen LogP contribution in [-0.4, -0.2) is 65.7 Å². The second kappa shape index (κ2) is 34.2. The topological polar surface area (TPSA) is 261 Å². The van der Waals surface area contributed by atoms with Crippen LogP contribution in [0.4, 0.5) is 17.1 Å². The zero-order chi connectivity index (χ0) is 43.0. The van der Waals surface area contributed by atoms with Gasteiger partial charge in [0.2, 0.25) is 5.91 Å².